The largest absolute Gasteiger partial charge is 0.462 e. The highest BCUT2D eigenvalue weighted by Gasteiger charge is 2.14. The Labute approximate surface area is 228 Å². The van der Waals surface area contributed by atoms with Crippen LogP contribution in [0.1, 0.15) is 82.3 Å². The number of hydrogen-bond acceptors (Lipinski definition) is 3. The second-order valence-electron chi connectivity index (χ2n) is 8.70. The summed E-state index contributed by atoms with van der Waals surface area (Å²) < 4.78 is 19.0. The number of carbonyl (C=O) groups is 1. The maximum absolute atomic E-state index is 13.2. The zero-order valence-electron chi connectivity index (χ0n) is 23.5. The van der Waals surface area contributed by atoms with Gasteiger partial charge in [-0.25, -0.2) is 4.39 Å². The Bertz CT molecular complexity index is 1060. The van der Waals surface area contributed by atoms with E-state index in [4.69, 9.17) is 16.3 Å². The SMILES string of the molecule is C=C(Oc1cc(F)ccc1C)C(CC)CCC(C)C.C=C/C=C\N=C(C)c1ccc(Cl)cc1C=O.CC. The molecule has 0 fully saturated rings. The molecule has 2 rings (SSSR count). The van der Waals surface area contributed by atoms with E-state index in [1.807, 2.05) is 27.7 Å². The van der Waals surface area contributed by atoms with Gasteiger partial charge in [-0.3, -0.25) is 9.79 Å². The van der Waals surface area contributed by atoms with E-state index in [9.17, 15) is 9.18 Å². The van der Waals surface area contributed by atoms with Crippen LogP contribution in [0.25, 0.3) is 0 Å². The molecule has 0 saturated heterocycles. The number of hydrogen-bond donors (Lipinski definition) is 0. The molecule has 0 aliphatic heterocycles. The molecule has 0 amide bonds. The van der Waals surface area contributed by atoms with E-state index < -0.39 is 0 Å². The monoisotopic (exact) mass is 527 g/mol. The van der Waals surface area contributed by atoms with Crippen LogP contribution in [-0.2, 0) is 0 Å². The third-order valence-corrected chi connectivity index (χ3v) is 5.69. The summed E-state index contributed by atoms with van der Waals surface area (Å²) in [5.41, 5.74) is 3.02. The quantitative estimate of drug-likeness (QED) is 0.126. The van der Waals surface area contributed by atoms with Crippen molar-refractivity contribution < 1.29 is 13.9 Å². The second kappa shape index (κ2) is 19.2. The lowest BCUT2D eigenvalue weighted by atomic mass is 9.94. The predicted octanol–water partition coefficient (Wildman–Crippen LogP) is 10.2. The lowest BCUT2D eigenvalue weighted by molar-refractivity contribution is 0.112. The molecule has 0 aliphatic rings. The summed E-state index contributed by atoms with van der Waals surface area (Å²) in [6, 6.07) is 9.75. The molecule has 1 unspecified atom stereocenters. The molecule has 0 spiro atoms. The number of benzene rings is 2. The third kappa shape index (κ3) is 13.2. The van der Waals surface area contributed by atoms with E-state index in [0.717, 1.165) is 48.1 Å². The number of aliphatic imine (C=N–C) groups is 1. The summed E-state index contributed by atoms with van der Waals surface area (Å²) >= 11 is 5.80. The van der Waals surface area contributed by atoms with Gasteiger partial charge in [-0.05, 0) is 62.4 Å². The molecule has 0 bridgehead atoms. The first-order valence-corrected chi connectivity index (χ1v) is 13.2. The van der Waals surface area contributed by atoms with E-state index >= 15 is 0 Å². The lowest BCUT2D eigenvalue weighted by Gasteiger charge is -2.20. The number of aldehydes is 1. The van der Waals surface area contributed by atoms with E-state index in [0.29, 0.717) is 28.2 Å². The van der Waals surface area contributed by atoms with Crippen molar-refractivity contribution in [1.82, 2.24) is 0 Å². The minimum atomic E-state index is -0.274. The maximum atomic E-state index is 13.2. The van der Waals surface area contributed by atoms with Crippen molar-refractivity contribution in [2.24, 2.45) is 16.8 Å². The van der Waals surface area contributed by atoms with Gasteiger partial charge in [-0.2, -0.15) is 0 Å². The summed E-state index contributed by atoms with van der Waals surface area (Å²) in [6.45, 7) is 21.9. The first-order chi connectivity index (χ1) is 17.6. The van der Waals surface area contributed by atoms with Crippen LogP contribution in [0, 0.1) is 24.6 Å². The van der Waals surface area contributed by atoms with Crippen molar-refractivity contribution in [3.05, 3.63) is 101 Å². The molecule has 2 aromatic rings. The molecule has 5 heteroatoms. The molecule has 1 atom stereocenters. The molecule has 37 heavy (non-hydrogen) atoms. The second-order valence-corrected chi connectivity index (χ2v) is 9.13. The molecular formula is C32H43ClFNO2. The molecule has 2 aromatic carbocycles. The maximum Gasteiger partial charge on any atom is 0.150 e. The van der Waals surface area contributed by atoms with Crippen molar-refractivity contribution >= 4 is 23.6 Å². The summed E-state index contributed by atoms with van der Waals surface area (Å²) in [4.78, 5) is 15.1. The van der Waals surface area contributed by atoms with Crippen LogP contribution in [-0.4, -0.2) is 12.0 Å². The normalized spacial score (nSPS) is 11.7. The Kier molecular flexibility index (Phi) is 17.6. The van der Waals surface area contributed by atoms with Crippen molar-refractivity contribution in [1.29, 1.82) is 0 Å². The Hall–Kier alpha value is -2.98. The molecule has 3 nitrogen and oxygen atoms in total. The van der Waals surface area contributed by atoms with Gasteiger partial charge in [0.15, 0.2) is 6.29 Å². The minimum absolute atomic E-state index is 0.274. The predicted molar refractivity (Wildman–Crippen MR) is 158 cm³/mol. The molecule has 0 saturated carbocycles. The molecule has 0 aromatic heterocycles. The number of allylic oxidation sites excluding steroid dienone is 3. The topological polar surface area (TPSA) is 38.7 Å². The number of ether oxygens (including phenoxy) is 1. The van der Waals surface area contributed by atoms with Gasteiger partial charge in [0.2, 0.25) is 0 Å². The zero-order valence-corrected chi connectivity index (χ0v) is 24.2. The number of rotatable bonds is 11. The van der Waals surface area contributed by atoms with E-state index in [2.05, 4.69) is 38.9 Å². The first kappa shape index (κ1) is 34.0. The summed E-state index contributed by atoms with van der Waals surface area (Å²) in [5.74, 6) is 2.07. The van der Waals surface area contributed by atoms with Gasteiger partial charge in [0, 0.05) is 40.0 Å². The third-order valence-electron chi connectivity index (χ3n) is 5.45. The number of nitrogens with zero attached hydrogens (tertiary/aromatic N) is 1. The van der Waals surface area contributed by atoms with Crippen LogP contribution in [0.5, 0.6) is 5.75 Å². The average molecular weight is 528 g/mol. The number of carbonyl (C=O) groups excluding carboxylic acids is 1. The van der Waals surface area contributed by atoms with Crippen LogP contribution >= 0.6 is 11.6 Å². The number of halogens is 2. The van der Waals surface area contributed by atoms with Gasteiger partial charge >= 0.3 is 0 Å². The molecule has 0 aliphatic carbocycles. The van der Waals surface area contributed by atoms with E-state index in [1.165, 1.54) is 12.1 Å². The summed E-state index contributed by atoms with van der Waals surface area (Å²) in [5, 5.41) is 0.542. The van der Waals surface area contributed by atoms with Gasteiger partial charge < -0.3 is 4.74 Å². The van der Waals surface area contributed by atoms with Crippen molar-refractivity contribution in [2.45, 2.75) is 67.7 Å². The van der Waals surface area contributed by atoms with Crippen molar-refractivity contribution in [2.75, 3.05) is 0 Å². The highest BCUT2D eigenvalue weighted by Crippen LogP contribution is 2.27. The van der Waals surface area contributed by atoms with E-state index in [1.54, 1.807) is 42.6 Å². The molecule has 0 radical (unpaired) electrons. The summed E-state index contributed by atoms with van der Waals surface area (Å²) in [6.07, 6.45) is 8.99. The van der Waals surface area contributed by atoms with Crippen molar-refractivity contribution in [3.63, 3.8) is 0 Å². The Morgan fingerprint density at radius 2 is 1.84 bits per heavy atom. The molecule has 0 heterocycles. The van der Waals surface area contributed by atoms with E-state index in [-0.39, 0.29) is 5.82 Å². The molecule has 0 N–H and O–H groups in total. The Balaban J connectivity index is 0.000000665. The fourth-order valence-corrected chi connectivity index (χ4v) is 3.46. The molecular weight excluding hydrogens is 485 g/mol. The smallest absolute Gasteiger partial charge is 0.150 e. The van der Waals surface area contributed by atoms with Gasteiger partial charge in [0.05, 0.1) is 5.76 Å². The Morgan fingerprint density at radius 1 is 1.16 bits per heavy atom. The van der Waals surface area contributed by atoms with Gasteiger partial charge in [-0.1, -0.05) is 84.0 Å². The molecule has 202 valence electrons. The van der Waals surface area contributed by atoms with Crippen LogP contribution in [0.3, 0.4) is 0 Å². The van der Waals surface area contributed by atoms with Crippen LogP contribution < -0.4 is 4.74 Å². The van der Waals surface area contributed by atoms with Gasteiger partial charge in [0.1, 0.15) is 11.6 Å². The van der Waals surface area contributed by atoms with Crippen LogP contribution in [0.4, 0.5) is 4.39 Å². The Morgan fingerprint density at radius 3 is 2.41 bits per heavy atom. The fourth-order valence-electron chi connectivity index (χ4n) is 3.28. The number of aryl methyl sites for hydroxylation is 1. The highest BCUT2D eigenvalue weighted by molar-refractivity contribution is 6.31. The van der Waals surface area contributed by atoms with Gasteiger partial charge in [-0.15, -0.1) is 0 Å². The standard InChI is InChI=1S/C17H25FO.C13H12ClNO.C2H6/c1-6-15(9-7-12(2)3)14(5)19-17-11-16(18)10-8-13(17)4;1-3-4-7-15-10(2)13-6-5-12(14)8-11(13)9-16;1-2/h8,10-12,15H,5-7,9H2,1-4H3;3-9H,1H2,2H3;1-2H3/b;7-4-,15-10?;. The van der Waals surface area contributed by atoms with Crippen molar-refractivity contribution in [3.8, 4) is 5.75 Å². The fraction of sp³-hybridized carbons (Fsp3) is 0.375. The van der Waals surface area contributed by atoms with Gasteiger partial charge in [0.25, 0.3) is 0 Å². The zero-order chi connectivity index (χ0) is 28.4. The average Bonchev–Trinajstić information content (AvgIpc) is 2.88. The minimum Gasteiger partial charge on any atom is -0.462 e. The lowest BCUT2D eigenvalue weighted by Crippen LogP contribution is -2.10. The van der Waals surface area contributed by atoms with Crippen LogP contribution in [0.2, 0.25) is 5.02 Å². The highest BCUT2D eigenvalue weighted by atomic mass is 35.5. The first-order valence-electron chi connectivity index (χ1n) is 12.8. The van der Waals surface area contributed by atoms with Crippen LogP contribution in [0.15, 0.2) is 78.7 Å². The summed E-state index contributed by atoms with van der Waals surface area (Å²) in [7, 11) is 0.